The molecule has 3 heteroatoms. The summed E-state index contributed by atoms with van der Waals surface area (Å²) in [7, 11) is 0. The molecule has 0 spiro atoms. The Morgan fingerprint density at radius 2 is 1.80 bits per heavy atom. The minimum atomic E-state index is 0.180. The smallest absolute Gasteiger partial charge is 0.0813 e. The quantitative estimate of drug-likeness (QED) is 0.651. The van der Waals surface area contributed by atoms with Gasteiger partial charge in [-0.2, -0.15) is 0 Å². The second kappa shape index (κ2) is 6.01. The van der Waals surface area contributed by atoms with Gasteiger partial charge in [0, 0.05) is 5.33 Å². The number of hydrogen-bond acceptors (Lipinski definition) is 0. The summed E-state index contributed by atoms with van der Waals surface area (Å²) in [5.74, 6) is 0. The molecule has 0 aliphatic rings. The van der Waals surface area contributed by atoms with Crippen LogP contribution in [0.15, 0.2) is 0 Å². The lowest BCUT2D eigenvalue weighted by Gasteiger charge is -2.18. The summed E-state index contributed by atoms with van der Waals surface area (Å²) in [6.45, 7) is 2.21. The van der Waals surface area contributed by atoms with Crippen LogP contribution >= 0.6 is 47.8 Å². The summed E-state index contributed by atoms with van der Waals surface area (Å²) in [5.41, 5.74) is 0. The molecular formula is C7H13Br3. The van der Waals surface area contributed by atoms with Crippen molar-refractivity contribution in [1.82, 2.24) is 0 Å². The fourth-order valence-corrected chi connectivity index (χ4v) is 3.40. The zero-order valence-corrected chi connectivity index (χ0v) is 10.9. The number of alkyl halides is 3. The van der Waals surface area contributed by atoms with Gasteiger partial charge in [0.05, 0.1) is 3.23 Å². The maximum atomic E-state index is 3.63. The second-order valence-corrected chi connectivity index (χ2v) is 7.29. The Labute approximate surface area is 88.5 Å². The molecule has 0 radical (unpaired) electrons. The third kappa shape index (κ3) is 6.17. The summed E-state index contributed by atoms with van der Waals surface area (Å²) < 4.78 is 0.180. The van der Waals surface area contributed by atoms with Crippen molar-refractivity contribution in [1.29, 1.82) is 0 Å². The minimum Gasteiger partial charge on any atom is -0.0927 e. The van der Waals surface area contributed by atoms with E-state index in [9.17, 15) is 0 Å². The first kappa shape index (κ1) is 11.4. The predicted molar refractivity (Wildman–Crippen MR) is 58.5 cm³/mol. The lowest BCUT2D eigenvalue weighted by Crippen LogP contribution is -2.10. The number of rotatable bonds is 5. The molecule has 0 saturated heterocycles. The summed E-state index contributed by atoms with van der Waals surface area (Å²) >= 11 is 10.7. The second-order valence-electron chi connectivity index (χ2n) is 2.40. The van der Waals surface area contributed by atoms with Crippen molar-refractivity contribution in [2.24, 2.45) is 0 Å². The fourth-order valence-electron chi connectivity index (χ4n) is 0.699. The van der Waals surface area contributed by atoms with Crippen LogP contribution in [0.25, 0.3) is 0 Å². The molecule has 0 aliphatic heterocycles. The zero-order chi connectivity index (χ0) is 8.04. The summed E-state index contributed by atoms with van der Waals surface area (Å²) in [4.78, 5) is 0. The van der Waals surface area contributed by atoms with Crippen LogP contribution in [0.1, 0.15) is 32.6 Å². The van der Waals surface area contributed by atoms with E-state index in [0.717, 1.165) is 11.8 Å². The maximum absolute atomic E-state index is 3.63. The van der Waals surface area contributed by atoms with E-state index in [1.807, 2.05) is 0 Å². The van der Waals surface area contributed by atoms with Gasteiger partial charge in [-0.1, -0.05) is 67.6 Å². The van der Waals surface area contributed by atoms with Crippen molar-refractivity contribution in [3.63, 3.8) is 0 Å². The van der Waals surface area contributed by atoms with Gasteiger partial charge in [-0.3, -0.25) is 0 Å². The Morgan fingerprint density at radius 1 is 1.20 bits per heavy atom. The van der Waals surface area contributed by atoms with E-state index in [0.29, 0.717) is 0 Å². The standard InChI is InChI=1S/C7H13Br3/c1-2-3-4-7(9,10)5-6-8/h2-6H2,1H3. The number of hydrogen-bond donors (Lipinski definition) is 0. The van der Waals surface area contributed by atoms with Gasteiger partial charge in [0.2, 0.25) is 0 Å². The predicted octanol–water partition coefficient (Wildman–Crippen LogP) is 4.45. The highest BCUT2D eigenvalue weighted by molar-refractivity contribution is 9.25. The molecule has 0 atom stereocenters. The maximum Gasteiger partial charge on any atom is 0.0813 e. The van der Waals surface area contributed by atoms with E-state index >= 15 is 0 Å². The molecule has 0 aromatic rings. The van der Waals surface area contributed by atoms with Crippen LogP contribution < -0.4 is 0 Å². The van der Waals surface area contributed by atoms with E-state index < -0.39 is 0 Å². The molecule has 0 unspecified atom stereocenters. The highest BCUT2D eigenvalue weighted by Crippen LogP contribution is 2.35. The molecule has 0 N–H and O–H groups in total. The van der Waals surface area contributed by atoms with Gasteiger partial charge in [-0.15, -0.1) is 0 Å². The van der Waals surface area contributed by atoms with Gasteiger partial charge in [0.15, 0.2) is 0 Å². The zero-order valence-electron chi connectivity index (χ0n) is 6.17. The van der Waals surface area contributed by atoms with Crippen LogP contribution in [0.4, 0.5) is 0 Å². The molecule has 0 aromatic carbocycles. The Morgan fingerprint density at radius 3 is 2.20 bits per heavy atom. The van der Waals surface area contributed by atoms with Crippen LogP contribution in [0.5, 0.6) is 0 Å². The average Bonchev–Trinajstić information content (AvgIpc) is 1.84. The molecule has 0 bridgehead atoms. The molecule has 10 heavy (non-hydrogen) atoms. The van der Waals surface area contributed by atoms with Crippen molar-refractivity contribution in [2.45, 2.75) is 35.8 Å². The molecule has 0 nitrogen and oxygen atoms in total. The topological polar surface area (TPSA) is 0 Å². The van der Waals surface area contributed by atoms with Gasteiger partial charge >= 0.3 is 0 Å². The van der Waals surface area contributed by atoms with Crippen LogP contribution in [0.3, 0.4) is 0 Å². The first-order valence-corrected chi connectivity index (χ1v) is 6.27. The van der Waals surface area contributed by atoms with Crippen molar-refractivity contribution in [2.75, 3.05) is 5.33 Å². The van der Waals surface area contributed by atoms with Crippen molar-refractivity contribution < 1.29 is 0 Å². The van der Waals surface area contributed by atoms with Crippen molar-refractivity contribution >= 4 is 47.8 Å². The normalized spacial score (nSPS) is 12.0. The Kier molecular flexibility index (Phi) is 6.88. The van der Waals surface area contributed by atoms with Crippen molar-refractivity contribution in [3.8, 4) is 0 Å². The third-order valence-electron chi connectivity index (χ3n) is 1.36. The summed E-state index contributed by atoms with van der Waals surface area (Å²) in [6.07, 6.45) is 4.88. The average molecular weight is 337 g/mol. The van der Waals surface area contributed by atoms with Crippen LogP contribution in [-0.4, -0.2) is 8.56 Å². The minimum absolute atomic E-state index is 0.180. The van der Waals surface area contributed by atoms with Gasteiger partial charge < -0.3 is 0 Å². The van der Waals surface area contributed by atoms with E-state index in [2.05, 4.69) is 54.7 Å². The summed E-state index contributed by atoms with van der Waals surface area (Å²) in [6, 6.07) is 0. The van der Waals surface area contributed by atoms with Gasteiger partial charge in [-0.25, -0.2) is 0 Å². The molecule has 0 aliphatic carbocycles. The fraction of sp³-hybridized carbons (Fsp3) is 1.00. The Bertz CT molecular complexity index is 80.9. The number of halogens is 3. The monoisotopic (exact) mass is 334 g/mol. The summed E-state index contributed by atoms with van der Waals surface area (Å²) in [5, 5.41) is 1.05. The van der Waals surface area contributed by atoms with Crippen LogP contribution in [0, 0.1) is 0 Å². The van der Waals surface area contributed by atoms with Crippen LogP contribution in [-0.2, 0) is 0 Å². The van der Waals surface area contributed by atoms with E-state index in [-0.39, 0.29) is 3.23 Å². The Hall–Kier alpha value is 1.44. The van der Waals surface area contributed by atoms with Gasteiger partial charge in [0.25, 0.3) is 0 Å². The van der Waals surface area contributed by atoms with Gasteiger partial charge in [-0.05, 0) is 12.8 Å². The number of unbranched alkanes of at least 4 members (excludes halogenated alkanes) is 1. The van der Waals surface area contributed by atoms with Crippen molar-refractivity contribution in [3.05, 3.63) is 0 Å². The largest absolute Gasteiger partial charge is 0.0927 e. The highest BCUT2D eigenvalue weighted by Gasteiger charge is 2.20. The molecule has 0 rings (SSSR count). The highest BCUT2D eigenvalue weighted by atomic mass is 79.9. The lowest BCUT2D eigenvalue weighted by molar-refractivity contribution is 0.658. The van der Waals surface area contributed by atoms with E-state index in [4.69, 9.17) is 0 Å². The molecule has 0 aromatic heterocycles. The van der Waals surface area contributed by atoms with E-state index in [1.54, 1.807) is 0 Å². The molecule has 0 amide bonds. The first-order valence-electron chi connectivity index (χ1n) is 3.56. The SMILES string of the molecule is CCCCC(Br)(Br)CCBr. The molecule has 62 valence electrons. The first-order chi connectivity index (χ1) is 4.62. The molecule has 0 saturated carbocycles. The molecule has 0 heterocycles. The molecular weight excluding hydrogens is 324 g/mol. The molecule has 0 fully saturated rings. The third-order valence-corrected chi connectivity index (χ3v) is 3.34. The lowest BCUT2D eigenvalue weighted by atomic mass is 10.2. The van der Waals surface area contributed by atoms with E-state index in [1.165, 1.54) is 19.3 Å². The Balaban J connectivity index is 3.42. The van der Waals surface area contributed by atoms with Gasteiger partial charge in [0.1, 0.15) is 0 Å². The van der Waals surface area contributed by atoms with Crippen LogP contribution in [0.2, 0.25) is 0 Å².